The summed E-state index contributed by atoms with van der Waals surface area (Å²) in [6.07, 6.45) is 2.10. The largest absolute Gasteiger partial charge is 0.490 e. The first-order chi connectivity index (χ1) is 15.2. The van der Waals surface area contributed by atoms with Crippen LogP contribution in [0.2, 0.25) is 0 Å². The van der Waals surface area contributed by atoms with Crippen LogP contribution in [-0.4, -0.2) is 35.9 Å². The zero-order valence-electron chi connectivity index (χ0n) is 19.4. The number of carboxylic acids is 1. The molecule has 2 aromatic rings. The molecule has 4 rings (SSSR count). The lowest BCUT2D eigenvalue weighted by molar-refractivity contribution is 0.0525. The summed E-state index contributed by atoms with van der Waals surface area (Å²) in [5.74, 6) is 1.52. The molecule has 2 unspecified atom stereocenters. The van der Waals surface area contributed by atoms with Gasteiger partial charge < -0.3 is 19.3 Å². The van der Waals surface area contributed by atoms with Crippen LogP contribution in [0, 0.1) is 11.8 Å². The van der Waals surface area contributed by atoms with E-state index in [1.807, 2.05) is 19.1 Å². The van der Waals surface area contributed by atoms with Gasteiger partial charge in [0.2, 0.25) is 0 Å². The third kappa shape index (κ3) is 5.42. The Morgan fingerprint density at radius 1 is 0.906 bits per heavy atom. The Morgan fingerprint density at radius 3 is 1.81 bits per heavy atom. The molecule has 0 aromatic heterocycles. The predicted octanol–water partition coefficient (Wildman–Crippen LogP) is 5.17. The molecule has 2 atom stereocenters. The van der Waals surface area contributed by atoms with Gasteiger partial charge in [-0.25, -0.2) is 9.59 Å². The fraction of sp³-hybridized carbons (Fsp3) is 0.462. The first-order valence-corrected chi connectivity index (χ1v) is 11.2. The predicted molar refractivity (Wildman–Crippen MR) is 122 cm³/mol. The second-order valence-corrected chi connectivity index (χ2v) is 8.88. The molecule has 0 saturated heterocycles. The zero-order valence-corrected chi connectivity index (χ0v) is 19.4. The molecule has 0 saturated carbocycles. The molecule has 2 aromatic carbocycles. The van der Waals surface area contributed by atoms with E-state index in [1.165, 1.54) is 0 Å². The van der Waals surface area contributed by atoms with Crippen LogP contribution in [0.25, 0.3) is 0 Å². The maximum Gasteiger partial charge on any atom is 0.338 e. The van der Waals surface area contributed by atoms with E-state index >= 15 is 0 Å². The van der Waals surface area contributed by atoms with Gasteiger partial charge in [-0.15, -0.1) is 0 Å². The van der Waals surface area contributed by atoms with Crippen molar-refractivity contribution in [3.63, 3.8) is 0 Å². The van der Waals surface area contributed by atoms with E-state index in [4.69, 9.17) is 19.3 Å². The quantitative estimate of drug-likeness (QED) is 0.646. The van der Waals surface area contributed by atoms with Gasteiger partial charge in [0.25, 0.3) is 0 Å². The van der Waals surface area contributed by atoms with E-state index in [0.717, 1.165) is 35.5 Å². The standard InChI is InChI=1S/C14H18O3.C12H14O3/c1-4-16-14(15)10-5-6-12-11(7-10)8-13(17-12)9(2)3;1-7(2)11-6-9-5-8(12(13)14)3-4-10(9)15-11/h5-7,9,13H,4,8H2,1-3H3;3-5,7,11H,6H2,1-2H3,(H,13,14). The Hall–Kier alpha value is -3.02. The molecule has 0 spiro atoms. The first kappa shape index (κ1) is 23.6. The molecule has 2 aliphatic heterocycles. The first-order valence-electron chi connectivity index (χ1n) is 11.2. The highest BCUT2D eigenvalue weighted by atomic mass is 16.5. The second-order valence-electron chi connectivity index (χ2n) is 8.88. The highest BCUT2D eigenvalue weighted by molar-refractivity contribution is 5.90. The van der Waals surface area contributed by atoms with Gasteiger partial charge in [-0.05, 0) is 66.3 Å². The molecule has 0 fully saturated rings. The molecular formula is C26H32O6. The summed E-state index contributed by atoms with van der Waals surface area (Å²) in [4.78, 5) is 22.4. The molecule has 0 bridgehead atoms. The van der Waals surface area contributed by atoms with E-state index in [2.05, 4.69) is 27.7 Å². The number of esters is 1. The molecule has 6 heteroatoms. The van der Waals surface area contributed by atoms with Crippen molar-refractivity contribution in [2.24, 2.45) is 11.8 Å². The SMILES string of the molecule is CC(C)C1Cc2cc(C(=O)O)ccc2O1.CCOC(=O)c1ccc2c(c1)CC(C(C)C)O2. The molecule has 0 amide bonds. The minimum atomic E-state index is -0.884. The van der Waals surface area contributed by atoms with Gasteiger partial charge in [0.15, 0.2) is 0 Å². The number of carboxylic acid groups (broad SMARTS) is 1. The van der Waals surface area contributed by atoms with Gasteiger partial charge in [-0.1, -0.05) is 27.7 Å². The van der Waals surface area contributed by atoms with Gasteiger partial charge in [0.1, 0.15) is 23.7 Å². The minimum absolute atomic E-state index is 0.184. The van der Waals surface area contributed by atoms with Crippen molar-refractivity contribution in [3.8, 4) is 11.5 Å². The topological polar surface area (TPSA) is 82.1 Å². The van der Waals surface area contributed by atoms with Crippen molar-refractivity contribution in [1.82, 2.24) is 0 Å². The lowest BCUT2D eigenvalue weighted by atomic mass is 10.0. The number of aromatic carboxylic acids is 1. The van der Waals surface area contributed by atoms with E-state index in [-0.39, 0.29) is 18.2 Å². The smallest absolute Gasteiger partial charge is 0.338 e. The Bertz CT molecular complexity index is 978. The van der Waals surface area contributed by atoms with Crippen LogP contribution >= 0.6 is 0 Å². The Balaban J connectivity index is 0.000000182. The number of benzene rings is 2. The number of carbonyl (C=O) groups excluding carboxylic acids is 1. The molecule has 0 aliphatic carbocycles. The molecule has 32 heavy (non-hydrogen) atoms. The molecule has 2 heterocycles. The summed E-state index contributed by atoms with van der Waals surface area (Å²) in [6, 6.07) is 10.6. The Kier molecular flexibility index (Phi) is 7.44. The minimum Gasteiger partial charge on any atom is -0.490 e. The van der Waals surface area contributed by atoms with Crippen LogP contribution in [0.15, 0.2) is 36.4 Å². The Labute approximate surface area is 189 Å². The fourth-order valence-electron chi connectivity index (χ4n) is 3.77. The number of hydrogen-bond acceptors (Lipinski definition) is 5. The average Bonchev–Trinajstić information content (AvgIpc) is 3.37. The molecule has 2 aliphatic rings. The van der Waals surface area contributed by atoms with Crippen LogP contribution in [0.4, 0.5) is 0 Å². The van der Waals surface area contributed by atoms with E-state index in [0.29, 0.717) is 29.6 Å². The maximum absolute atomic E-state index is 11.6. The lowest BCUT2D eigenvalue weighted by Gasteiger charge is -2.13. The van der Waals surface area contributed by atoms with E-state index in [1.54, 1.807) is 24.3 Å². The lowest BCUT2D eigenvalue weighted by Crippen LogP contribution is -2.19. The molecular weight excluding hydrogens is 408 g/mol. The van der Waals surface area contributed by atoms with Crippen molar-refractivity contribution < 1.29 is 28.9 Å². The van der Waals surface area contributed by atoms with Crippen molar-refractivity contribution in [3.05, 3.63) is 58.7 Å². The van der Waals surface area contributed by atoms with Gasteiger partial charge in [0.05, 0.1) is 17.7 Å². The van der Waals surface area contributed by atoms with Crippen LogP contribution in [-0.2, 0) is 17.6 Å². The van der Waals surface area contributed by atoms with E-state index < -0.39 is 5.97 Å². The molecule has 0 radical (unpaired) electrons. The summed E-state index contributed by atoms with van der Waals surface area (Å²) in [5, 5.41) is 8.85. The van der Waals surface area contributed by atoms with Gasteiger partial charge in [-0.2, -0.15) is 0 Å². The van der Waals surface area contributed by atoms with Gasteiger partial charge in [0, 0.05) is 12.8 Å². The number of carbonyl (C=O) groups is 2. The Morgan fingerprint density at radius 2 is 1.38 bits per heavy atom. The summed E-state index contributed by atoms with van der Waals surface area (Å²) >= 11 is 0. The van der Waals surface area contributed by atoms with Crippen molar-refractivity contribution in [1.29, 1.82) is 0 Å². The van der Waals surface area contributed by atoms with Crippen molar-refractivity contribution >= 4 is 11.9 Å². The number of fused-ring (bicyclic) bond motifs is 2. The normalized spacial score (nSPS) is 18.2. The summed E-state index contributed by atoms with van der Waals surface area (Å²) in [7, 11) is 0. The number of ether oxygens (including phenoxy) is 3. The van der Waals surface area contributed by atoms with E-state index in [9.17, 15) is 9.59 Å². The third-order valence-corrected chi connectivity index (χ3v) is 5.77. The third-order valence-electron chi connectivity index (χ3n) is 5.77. The van der Waals surface area contributed by atoms with Gasteiger partial charge >= 0.3 is 11.9 Å². The van der Waals surface area contributed by atoms with Crippen LogP contribution < -0.4 is 9.47 Å². The highest BCUT2D eigenvalue weighted by Crippen LogP contribution is 2.33. The van der Waals surface area contributed by atoms with Crippen molar-refractivity contribution in [2.45, 2.75) is 59.7 Å². The van der Waals surface area contributed by atoms with Crippen LogP contribution in [0.1, 0.15) is 66.5 Å². The second kappa shape index (κ2) is 10.1. The van der Waals surface area contributed by atoms with Crippen molar-refractivity contribution in [2.75, 3.05) is 6.61 Å². The number of hydrogen-bond donors (Lipinski definition) is 1. The fourth-order valence-corrected chi connectivity index (χ4v) is 3.77. The zero-order chi connectivity index (χ0) is 23.4. The highest BCUT2D eigenvalue weighted by Gasteiger charge is 2.27. The summed E-state index contributed by atoms with van der Waals surface area (Å²) < 4.78 is 16.5. The van der Waals surface area contributed by atoms with Gasteiger partial charge in [-0.3, -0.25) is 0 Å². The molecule has 172 valence electrons. The summed E-state index contributed by atoms with van der Waals surface area (Å²) in [6.45, 7) is 10.7. The molecule has 6 nitrogen and oxygen atoms in total. The molecule has 1 N–H and O–H groups in total. The van der Waals surface area contributed by atoms with Crippen LogP contribution in [0.5, 0.6) is 11.5 Å². The monoisotopic (exact) mass is 440 g/mol. The number of rotatable bonds is 5. The maximum atomic E-state index is 11.6. The average molecular weight is 441 g/mol. The van der Waals surface area contributed by atoms with Crippen LogP contribution in [0.3, 0.4) is 0 Å². The summed E-state index contributed by atoms with van der Waals surface area (Å²) in [5.41, 5.74) is 3.06.